The minimum atomic E-state index is -0.686. The van der Waals surface area contributed by atoms with E-state index in [9.17, 15) is 9.90 Å². The van der Waals surface area contributed by atoms with Crippen LogP contribution in [0.15, 0.2) is 22.9 Å². The van der Waals surface area contributed by atoms with Crippen LogP contribution in [0.3, 0.4) is 0 Å². The molecule has 1 heterocycles. The Kier molecular flexibility index (Phi) is 4.71. The normalized spacial score (nSPS) is 12.2. The lowest BCUT2D eigenvalue weighted by molar-refractivity contribution is -0.141. The van der Waals surface area contributed by atoms with Gasteiger partial charge in [0.05, 0.1) is 13.2 Å². The van der Waals surface area contributed by atoms with E-state index in [1.165, 1.54) is 7.11 Å². The van der Waals surface area contributed by atoms with E-state index in [4.69, 9.17) is 0 Å². The van der Waals surface area contributed by atoms with Crippen LogP contribution in [-0.2, 0) is 9.53 Å². The minimum Gasteiger partial charge on any atom is -0.469 e. The minimum absolute atomic E-state index is 0.199. The first-order valence-electron chi connectivity index (χ1n) is 4.49. The Morgan fingerprint density at radius 1 is 1.67 bits per heavy atom. The van der Waals surface area contributed by atoms with Crippen molar-refractivity contribution in [3.8, 4) is 0 Å². The summed E-state index contributed by atoms with van der Waals surface area (Å²) in [5, 5.41) is 9.72. The molecule has 0 spiro atoms. The van der Waals surface area contributed by atoms with Gasteiger partial charge in [0, 0.05) is 23.3 Å². The van der Waals surface area contributed by atoms with Crippen LogP contribution in [0.5, 0.6) is 0 Å². The molecule has 1 rings (SSSR count). The van der Waals surface area contributed by atoms with Gasteiger partial charge >= 0.3 is 5.97 Å². The molecular formula is C10H12BrNO3. The molecule has 0 fully saturated rings. The molecule has 4 nitrogen and oxygen atoms in total. The molecule has 1 N–H and O–H groups in total. The highest BCUT2D eigenvalue weighted by Crippen LogP contribution is 2.20. The van der Waals surface area contributed by atoms with Gasteiger partial charge in [-0.1, -0.05) is 0 Å². The number of halogens is 1. The van der Waals surface area contributed by atoms with Gasteiger partial charge in [0.2, 0.25) is 0 Å². The first-order chi connectivity index (χ1) is 7.13. The van der Waals surface area contributed by atoms with Crippen LogP contribution in [0.25, 0.3) is 0 Å². The van der Waals surface area contributed by atoms with Crippen molar-refractivity contribution in [2.45, 2.75) is 18.9 Å². The highest BCUT2D eigenvalue weighted by atomic mass is 79.9. The average molecular weight is 274 g/mol. The average Bonchev–Trinajstić information content (AvgIpc) is 2.25. The maximum Gasteiger partial charge on any atom is 0.305 e. The number of aliphatic hydroxyl groups excluding tert-OH is 1. The van der Waals surface area contributed by atoms with Crippen LogP contribution < -0.4 is 0 Å². The lowest BCUT2D eigenvalue weighted by Crippen LogP contribution is -2.05. The summed E-state index contributed by atoms with van der Waals surface area (Å²) in [6.45, 7) is 0. The van der Waals surface area contributed by atoms with Crippen molar-refractivity contribution in [3.05, 3.63) is 28.5 Å². The van der Waals surface area contributed by atoms with Gasteiger partial charge in [0.1, 0.15) is 0 Å². The number of pyridine rings is 1. The Morgan fingerprint density at radius 3 is 3.00 bits per heavy atom. The van der Waals surface area contributed by atoms with Crippen LogP contribution in [-0.4, -0.2) is 23.2 Å². The Balaban J connectivity index is 2.53. The molecule has 0 radical (unpaired) electrons. The molecule has 0 amide bonds. The predicted molar refractivity (Wildman–Crippen MR) is 58.1 cm³/mol. The predicted octanol–water partition coefficient (Wildman–Crippen LogP) is 1.83. The summed E-state index contributed by atoms with van der Waals surface area (Å²) in [5.41, 5.74) is 0.688. The van der Waals surface area contributed by atoms with Gasteiger partial charge in [-0.3, -0.25) is 9.78 Å². The third-order valence-corrected chi connectivity index (χ3v) is 2.39. The standard InChI is InChI=1S/C10H12BrNO3/c1-15-10(14)3-2-9(13)7-4-8(11)6-12-5-7/h4-6,9,13H,2-3H2,1H3. The Morgan fingerprint density at radius 2 is 2.40 bits per heavy atom. The topological polar surface area (TPSA) is 59.4 Å². The first-order valence-corrected chi connectivity index (χ1v) is 5.28. The third kappa shape index (κ3) is 3.97. The Labute approximate surface area is 96.4 Å². The molecule has 0 saturated carbocycles. The summed E-state index contributed by atoms with van der Waals surface area (Å²) in [6.07, 6.45) is 3.06. The van der Waals surface area contributed by atoms with E-state index in [0.29, 0.717) is 12.0 Å². The van der Waals surface area contributed by atoms with Gasteiger partial charge < -0.3 is 9.84 Å². The summed E-state index contributed by atoms with van der Waals surface area (Å²) in [5.74, 6) is -0.322. The molecule has 0 aromatic carbocycles. The van der Waals surface area contributed by atoms with Crippen molar-refractivity contribution in [1.82, 2.24) is 4.98 Å². The Hall–Kier alpha value is -0.940. The highest BCUT2D eigenvalue weighted by molar-refractivity contribution is 9.10. The summed E-state index contributed by atoms with van der Waals surface area (Å²) in [6, 6.07) is 1.77. The van der Waals surface area contributed by atoms with Crippen molar-refractivity contribution in [2.75, 3.05) is 7.11 Å². The SMILES string of the molecule is COC(=O)CCC(O)c1cncc(Br)c1. The van der Waals surface area contributed by atoms with E-state index in [1.807, 2.05) is 0 Å². The number of hydrogen-bond acceptors (Lipinski definition) is 4. The van der Waals surface area contributed by atoms with Crippen molar-refractivity contribution < 1.29 is 14.6 Å². The van der Waals surface area contributed by atoms with E-state index in [0.717, 1.165) is 4.47 Å². The fraction of sp³-hybridized carbons (Fsp3) is 0.400. The molecule has 82 valence electrons. The monoisotopic (exact) mass is 273 g/mol. The molecule has 15 heavy (non-hydrogen) atoms. The lowest BCUT2D eigenvalue weighted by atomic mass is 10.1. The summed E-state index contributed by atoms with van der Waals surface area (Å²) in [4.78, 5) is 14.8. The first kappa shape index (κ1) is 12.1. The second-order valence-electron chi connectivity index (χ2n) is 3.07. The van der Waals surface area contributed by atoms with Crippen molar-refractivity contribution in [3.63, 3.8) is 0 Å². The number of methoxy groups -OCH3 is 1. The number of hydrogen-bond donors (Lipinski definition) is 1. The molecule has 0 aliphatic heterocycles. The summed E-state index contributed by atoms with van der Waals surface area (Å²) in [7, 11) is 1.33. The second kappa shape index (κ2) is 5.82. The van der Waals surface area contributed by atoms with Crippen molar-refractivity contribution in [1.29, 1.82) is 0 Å². The van der Waals surface area contributed by atoms with E-state index in [2.05, 4.69) is 25.7 Å². The van der Waals surface area contributed by atoms with E-state index < -0.39 is 6.10 Å². The maximum absolute atomic E-state index is 10.9. The van der Waals surface area contributed by atoms with Crippen LogP contribution in [0, 0.1) is 0 Å². The molecule has 0 aliphatic rings. The smallest absolute Gasteiger partial charge is 0.305 e. The van der Waals surface area contributed by atoms with E-state index in [-0.39, 0.29) is 12.4 Å². The molecule has 5 heteroatoms. The third-order valence-electron chi connectivity index (χ3n) is 1.96. The molecule has 1 unspecified atom stereocenters. The number of ether oxygens (including phenoxy) is 1. The lowest BCUT2D eigenvalue weighted by Gasteiger charge is -2.09. The number of aromatic nitrogens is 1. The van der Waals surface area contributed by atoms with Crippen LogP contribution in [0.4, 0.5) is 0 Å². The zero-order chi connectivity index (χ0) is 11.3. The summed E-state index contributed by atoms with van der Waals surface area (Å²) < 4.78 is 5.29. The zero-order valence-electron chi connectivity index (χ0n) is 8.31. The fourth-order valence-corrected chi connectivity index (χ4v) is 1.52. The van der Waals surface area contributed by atoms with E-state index in [1.54, 1.807) is 18.5 Å². The number of rotatable bonds is 4. The maximum atomic E-state index is 10.9. The second-order valence-corrected chi connectivity index (χ2v) is 3.98. The molecule has 0 bridgehead atoms. The van der Waals surface area contributed by atoms with Gasteiger partial charge in [-0.05, 0) is 34.0 Å². The summed E-state index contributed by atoms with van der Waals surface area (Å²) >= 11 is 3.26. The van der Waals surface area contributed by atoms with Gasteiger partial charge in [0.15, 0.2) is 0 Å². The highest BCUT2D eigenvalue weighted by Gasteiger charge is 2.11. The Bertz CT molecular complexity index is 343. The number of esters is 1. The van der Waals surface area contributed by atoms with Gasteiger partial charge in [-0.25, -0.2) is 0 Å². The number of carbonyl (C=O) groups is 1. The van der Waals surface area contributed by atoms with Gasteiger partial charge in [-0.15, -0.1) is 0 Å². The van der Waals surface area contributed by atoms with Gasteiger partial charge in [-0.2, -0.15) is 0 Å². The molecule has 0 saturated heterocycles. The zero-order valence-corrected chi connectivity index (χ0v) is 9.90. The van der Waals surface area contributed by atoms with Crippen molar-refractivity contribution >= 4 is 21.9 Å². The quantitative estimate of drug-likeness (QED) is 0.851. The van der Waals surface area contributed by atoms with E-state index >= 15 is 0 Å². The number of nitrogens with zero attached hydrogens (tertiary/aromatic N) is 1. The number of carbonyl (C=O) groups excluding carboxylic acids is 1. The molecule has 0 aliphatic carbocycles. The molecular weight excluding hydrogens is 262 g/mol. The largest absolute Gasteiger partial charge is 0.469 e. The van der Waals surface area contributed by atoms with Crippen LogP contribution in [0.2, 0.25) is 0 Å². The molecule has 1 aromatic rings. The molecule has 1 aromatic heterocycles. The van der Waals surface area contributed by atoms with Gasteiger partial charge in [0.25, 0.3) is 0 Å². The van der Waals surface area contributed by atoms with Crippen LogP contribution >= 0.6 is 15.9 Å². The molecule has 1 atom stereocenters. The number of aliphatic hydroxyl groups is 1. The van der Waals surface area contributed by atoms with Crippen molar-refractivity contribution in [2.24, 2.45) is 0 Å². The van der Waals surface area contributed by atoms with Crippen LogP contribution in [0.1, 0.15) is 24.5 Å². The fourth-order valence-electron chi connectivity index (χ4n) is 1.13.